The fourth-order valence-corrected chi connectivity index (χ4v) is 3.90. The Balaban J connectivity index is 2.33. The van der Waals surface area contributed by atoms with E-state index in [0.29, 0.717) is 6.42 Å². The SMILES string of the molecule is CCC(C)(NS(=O)(=O)c1ccc2c(c1)CCC2)C(=N)N. The van der Waals surface area contributed by atoms with Crippen LogP contribution in [0.3, 0.4) is 0 Å². The number of benzene rings is 1. The zero-order chi connectivity index (χ0) is 15.0. The van der Waals surface area contributed by atoms with Gasteiger partial charge in [-0.1, -0.05) is 13.0 Å². The van der Waals surface area contributed by atoms with Crippen LogP contribution in [0.2, 0.25) is 0 Å². The average Bonchev–Trinajstić information content (AvgIpc) is 2.85. The molecule has 0 spiro atoms. The lowest BCUT2D eigenvalue weighted by Gasteiger charge is -2.27. The maximum absolute atomic E-state index is 12.4. The summed E-state index contributed by atoms with van der Waals surface area (Å²) in [5, 5.41) is 7.56. The number of nitrogens with two attached hydrogens (primary N) is 1. The van der Waals surface area contributed by atoms with Gasteiger partial charge in [0.05, 0.1) is 10.4 Å². The molecule has 0 heterocycles. The van der Waals surface area contributed by atoms with Gasteiger partial charge in [-0.15, -0.1) is 0 Å². The Morgan fingerprint density at radius 3 is 2.65 bits per heavy atom. The summed E-state index contributed by atoms with van der Waals surface area (Å²) in [7, 11) is -3.67. The van der Waals surface area contributed by atoms with E-state index < -0.39 is 15.6 Å². The van der Waals surface area contributed by atoms with Crippen LogP contribution in [0.25, 0.3) is 0 Å². The quantitative estimate of drug-likeness (QED) is 0.568. The van der Waals surface area contributed by atoms with Gasteiger partial charge in [-0.3, -0.25) is 5.41 Å². The Hall–Kier alpha value is -1.40. The van der Waals surface area contributed by atoms with Crippen LogP contribution < -0.4 is 10.5 Å². The van der Waals surface area contributed by atoms with Crippen LogP contribution in [0, 0.1) is 5.41 Å². The maximum Gasteiger partial charge on any atom is 0.241 e. The van der Waals surface area contributed by atoms with Gasteiger partial charge in [0.25, 0.3) is 0 Å². The molecule has 0 fully saturated rings. The fourth-order valence-electron chi connectivity index (χ4n) is 2.39. The van der Waals surface area contributed by atoms with Crippen molar-refractivity contribution in [2.75, 3.05) is 0 Å². The molecule has 1 unspecified atom stereocenters. The maximum atomic E-state index is 12.4. The molecule has 0 bridgehead atoms. The van der Waals surface area contributed by atoms with E-state index in [1.54, 1.807) is 26.0 Å². The third-order valence-electron chi connectivity index (χ3n) is 4.04. The number of amidine groups is 1. The third-order valence-corrected chi connectivity index (χ3v) is 5.64. The lowest BCUT2D eigenvalue weighted by Crippen LogP contribution is -2.54. The second-order valence-corrected chi connectivity index (χ2v) is 7.17. The monoisotopic (exact) mass is 295 g/mol. The lowest BCUT2D eigenvalue weighted by molar-refractivity contribution is 0.505. The van der Waals surface area contributed by atoms with Gasteiger partial charge in [0.2, 0.25) is 10.0 Å². The van der Waals surface area contributed by atoms with E-state index in [9.17, 15) is 8.42 Å². The Bertz CT molecular complexity index is 640. The Labute approximate surface area is 120 Å². The summed E-state index contributed by atoms with van der Waals surface area (Å²) >= 11 is 0. The van der Waals surface area contributed by atoms with Crippen LogP contribution in [0.1, 0.15) is 37.8 Å². The lowest BCUT2D eigenvalue weighted by atomic mass is 10.00. The number of hydrogen-bond donors (Lipinski definition) is 3. The molecular formula is C14H21N3O2S. The van der Waals surface area contributed by atoms with Crippen LogP contribution in [0.15, 0.2) is 23.1 Å². The van der Waals surface area contributed by atoms with Crippen molar-refractivity contribution in [3.63, 3.8) is 0 Å². The zero-order valence-electron chi connectivity index (χ0n) is 11.9. The van der Waals surface area contributed by atoms with Crippen molar-refractivity contribution in [1.29, 1.82) is 5.41 Å². The van der Waals surface area contributed by atoms with E-state index >= 15 is 0 Å². The average molecular weight is 295 g/mol. The summed E-state index contributed by atoms with van der Waals surface area (Å²) in [6, 6.07) is 5.25. The molecule has 6 heteroatoms. The van der Waals surface area contributed by atoms with Gasteiger partial charge >= 0.3 is 0 Å². The van der Waals surface area contributed by atoms with E-state index in [2.05, 4.69) is 4.72 Å². The third kappa shape index (κ3) is 2.71. The second kappa shape index (κ2) is 5.18. The Kier molecular flexibility index (Phi) is 3.88. The van der Waals surface area contributed by atoms with E-state index in [1.165, 1.54) is 5.56 Å². The Morgan fingerprint density at radius 2 is 2.05 bits per heavy atom. The van der Waals surface area contributed by atoms with Crippen molar-refractivity contribution in [3.8, 4) is 0 Å². The molecule has 1 aromatic carbocycles. The minimum atomic E-state index is -3.67. The molecule has 20 heavy (non-hydrogen) atoms. The molecule has 2 rings (SSSR count). The zero-order valence-corrected chi connectivity index (χ0v) is 12.7. The van der Waals surface area contributed by atoms with Gasteiger partial charge in [-0.25, -0.2) is 8.42 Å². The summed E-state index contributed by atoms with van der Waals surface area (Å²) in [4.78, 5) is 0.249. The van der Waals surface area contributed by atoms with E-state index in [4.69, 9.17) is 11.1 Å². The Morgan fingerprint density at radius 1 is 1.40 bits per heavy atom. The van der Waals surface area contributed by atoms with Gasteiger partial charge < -0.3 is 5.73 Å². The molecule has 1 aliphatic rings. The topological polar surface area (TPSA) is 96.0 Å². The first-order valence-corrected chi connectivity index (χ1v) is 8.27. The van der Waals surface area contributed by atoms with Crippen molar-refractivity contribution >= 4 is 15.9 Å². The molecule has 0 saturated carbocycles. The highest BCUT2D eigenvalue weighted by molar-refractivity contribution is 7.89. The number of aryl methyl sites for hydroxylation is 2. The number of rotatable bonds is 5. The normalized spacial score (nSPS) is 17.5. The smallest absolute Gasteiger partial charge is 0.241 e. The molecular weight excluding hydrogens is 274 g/mol. The standard InChI is InChI=1S/C14H21N3O2S/c1-3-14(2,13(15)16)17-20(18,19)12-8-7-10-5-4-6-11(10)9-12/h7-9,17H,3-6H2,1-2H3,(H3,15,16). The molecule has 0 aromatic heterocycles. The number of fused-ring (bicyclic) bond motifs is 1. The molecule has 5 nitrogen and oxygen atoms in total. The molecule has 0 aliphatic heterocycles. The van der Waals surface area contributed by atoms with Crippen molar-refractivity contribution < 1.29 is 8.42 Å². The highest BCUT2D eigenvalue weighted by Crippen LogP contribution is 2.25. The number of hydrogen-bond acceptors (Lipinski definition) is 3. The summed E-state index contributed by atoms with van der Waals surface area (Å²) in [5.41, 5.74) is 6.81. The van der Waals surface area contributed by atoms with Crippen molar-refractivity contribution in [2.45, 2.75) is 50.0 Å². The number of sulfonamides is 1. The number of nitrogens with one attached hydrogen (secondary N) is 2. The predicted molar refractivity (Wildman–Crippen MR) is 79.4 cm³/mol. The molecule has 0 radical (unpaired) electrons. The van der Waals surface area contributed by atoms with Crippen molar-refractivity contribution in [3.05, 3.63) is 29.3 Å². The molecule has 0 amide bonds. The minimum absolute atomic E-state index is 0.176. The fraction of sp³-hybridized carbons (Fsp3) is 0.500. The van der Waals surface area contributed by atoms with Gasteiger partial charge in [-0.05, 0) is 55.9 Å². The molecule has 0 saturated heterocycles. The first kappa shape index (κ1) is 15.0. The molecule has 4 N–H and O–H groups in total. The minimum Gasteiger partial charge on any atom is -0.386 e. The first-order valence-electron chi connectivity index (χ1n) is 6.79. The van der Waals surface area contributed by atoms with Crippen LogP contribution in [0.4, 0.5) is 0 Å². The molecule has 110 valence electrons. The summed E-state index contributed by atoms with van der Waals surface area (Å²) in [6.07, 6.45) is 3.44. The van der Waals surface area contributed by atoms with E-state index in [-0.39, 0.29) is 10.7 Å². The summed E-state index contributed by atoms with van der Waals surface area (Å²) in [6.45, 7) is 3.42. The summed E-state index contributed by atoms with van der Waals surface area (Å²) < 4.78 is 27.4. The molecule has 1 atom stereocenters. The summed E-state index contributed by atoms with van der Waals surface area (Å²) in [5.74, 6) is -0.176. The first-order chi connectivity index (χ1) is 9.28. The van der Waals surface area contributed by atoms with Crippen molar-refractivity contribution in [2.24, 2.45) is 5.73 Å². The second-order valence-electron chi connectivity index (χ2n) is 5.49. The van der Waals surface area contributed by atoms with Crippen LogP contribution in [-0.2, 0) is 22.9 Å². The van der Waals surface area contributed by atoms with Crippen LogP contribution in [0.5, 0.6) is 0 Å². The van der Waals surface area contributed by atoms with Gasteiger partial charge in [0.15, 0.2) is 0 Å². The largest absolute Gasteiger partial charge is 0.386 e. The van der Waals surface area contributed by atoms with E-state index in [1.807, 2.05) is 6.07 Å². The highest BCUT2D eigenvalue weighted by Gasteiger charge is 2.32. The molecule has 1 aliphatic carbocycles. The van der Waals surface area contributed by atoms with Gasteiger partial charge in [-0.2, -0.15) is 4.72 Å². The van der Waals surface area contributed by atoms with Crippen molar-refractivity contribution in [1.82, 2.24) is 4.72 Å². The van der Waals surface area contributed by atoms with Crippen LogP contribution in [-0.4, -0.2) is 19.8 Å². The van der Waals surface area contributed by atoms with E-state index in [0.717, 1.165) is 24.8 Å². The highest BCUT2D eigenvalue weighted by atomic mass is 32.2. The van der Waals surface area contributed by atoms with Crippen LogP contribution >= 0.6 is 0 Å². The predicted octanol–water partition coefficient (Wildman–Crippen LogP) is 1.56. The van der Waals surface area contributed by atoms with Gasteiger partial charge in [0, 0.05) is 0 Å². The molecule has 1 aromatic rings. The van der Waals surface area contributed by atoms with Gasteiger partial charge in [0.1, 0.15) is 5.84 Å².